The number of nitrogens with zero attached hydrogens (tertiary/aromatic N) is 4. The fourth-order valence-corrected chi connectivity index (χ4v) is 11.2. The van der Waals surface area contributed by atoms with Crippen LogP contribution in [0.1, 0.15) is 116 Å². The lowest BCUT2D eigenvalue weighted by molar-refractivity contribution is -0.160. The molecule has 1 amide bonds. The number of carbonyl (C=O) groups excluding carboxylic acids is 3. The molecule has 2 fully saturated rings. The number of aliphatic hydroxyl groups is 2. The van der Waals surface area contributed by atoms with Gasteiger partial charge in [-0.3, -0.25) is 28.6 Å². The minimum atomic E-state index is -2.11. The number of piperazine rings is 1. The van der Waals surface area contributed by atoms with Gasteiger partial charge in [-0.25, -0.2) is 4.79 Å². The van der Waals surface area contributed by atoms with E-state index < -0.39 is 100 Å². The predicted molar refractivity (Wildman–Crippen MR) is 287 cm³/mol. The number of aryl methyl sites for hydroxylation is 2. The first-order valence-electron chi connectivity index (χ1n) is 25.9. The molecule has 1 saturated heterocycles. The number of phenols is 3. The minimum Gasteiger partial charge on any atom is -0.507 e. The van der Waals surface area contributed by atoms with E-state index in [1.165, 1.54) is 69.9 Å². The summed E-state index contributed by atoms with van der Waals surface area (Å²) in [5.41, 5.74) is 2.53. The quantitative estimate of drug-likeness (QED) is 0.0438. The van der Waals surface area contributed by atoms with E-state index in [4.69, 9.17) is 24.0 Å². The Morgan fingerprint density at radius 1 is 0.883 bits per heavy atom. The van der Waals surface area contributed by atoms with Crippen molar-refractivity contribution in [3.8, 4) is 23.0 Å². The topological polar surface area (TPSA) is 279 Å². The van der Waals surface area contributed by atoms with Crippen LogP contribution in [0.15, 0.2) is 58.3 Å². The number of ketones is 1. The van der Waals surface area contributed by atoms with Gasteiger partial charge in [-0.15, -0.1) is 0 Å². The fraction of sp³-hybridized carbons (Fsp3) is 0.474. The number of ether oxygens (including phenoxy) is 4. The van der Waals surface area contributed by atoms with Crippen LogP contribution < -0.4 is 20.5 Å². The van der Waals surface area contributed by atoms with E-state index in [9.17, 15) is 54.6 Å². The van der Waals surface area contributed by atoms with Crippen molar-refractivity contribution in [2.45, 2.75) is 118 Å². The second-order valence-corrected chi connectivity index (χ2v) is 21.2. The lowest BCUT2D eigenvalue weighted by atomic mass is 9.78. The summed E-state index contributed by atoms with van der Waals surface area (Å²) in [6.45, 7) is 17.8. The summed E-state index contributed by atoms with van der Waals surface area (Å²) >= 11 is 0. The van der Waals surface area contributed by atoms with Crippen molar-refractivity contribution in [3.63, 3.8) is 0 Å². The highest BCUT2D eigenvalue weighted by molar-refractivity contribution is 6.24. The highest BCUT2D eigenvalue weighted by atomic mass is 16.7. The van der Waals surface area contributed by atoms with Crippen molar-refractivity contribution in [2.24, 2.45) is 28.8 Å². The monoisotopic (exact) mass is 1060 g/mol. The van der Waals surface area contributed by atoms with Crippen LogP contribution in [0.4, 0.5) is 11.4 Å². The molecule has 9 rings (SSSR count). The van der Waals surface area contributed by atoms with E-state index >= 15 is 0 Å². The van der Waals surface area contributed by atoms with Crippen LogP contribution in [0.25, 0.3) is 16.3 Å². The smallest absolute Gasteiger partial charge is 0.341 e. The van der Waals surface area contributed by atoms with Crippen LogP contribution in [-0.2, 0) is 23.8 Å². The third-order valence-corrected chi connectivity index (χ3v) is 15.9. The van der Waals surface area contributed by atoms with Gasteiger partial charge in [-0.2, -0.15) is 5.10 Å². The molecule has 1 saturated carbocycles. The molecule has 1 aliphatic carbocycles. The summed E-state index contributed by atoms with van der Waals surface area (Å²) in [6, 6.07) is 1.51. The van der Waals surface area contributed by atoms with Crippen LogP contribution in [-0.4, -0.2) is 133 Å². The number of aromatic hydroxyl groups is 3. The van der Waals surface area contributed by atoms with Gasteiger partial charge in [0.1, 0.15) is 28.9 Å². The number of aromatic carboxylic acids is 1. The number of benzene rings is 2. The number of hydrazone groups is 1. The first kappa shape index (κ1) is 55.8. The van der Waals surface area contributed by atoms with E-state index in [0.29, 0.717) is 31.7 Å². The molecule has 0 radical (unpaired) electrons. The second-order valence-electron chi connectivity index (χ2n) is 21.2. The van der Waals surface area contributed by atoms with E-state index in [0.717, 1.165) is 35.2 Å². The van der Waals surface area contributed by atoms with Gasteiger partial charge in [0, 0.05) is 86.1 Å². The normalized spacial score (nSPS) is 28.1. The van der Waals surface area contributed by atoms with E-state index in [2.05, 4.69) is 10.2 Å². The summed E-state index contributed by atoms with van der Waals surface area (Å²) in [5, 5.41) is 77.9. The Kier molecular flexibility index (Phi) is 15.6. The van der Waals surface area contributed by atoms with Crippen LogP contribution in [0, 0.1) is 44.4 Å². The maximum Gasteiger partial charge on any atom is 0.341 e. The Hall–Kier alpha value is -7.42. The molecule has 4 aromatic rings. The molecule has 4 aliphatic heterocycles. The number of rotatable bonds is 7. The molecule has 5 bridgehead atoms. The Bertz CT molecular complexity index is 3260. The summed E-state index contributed by atoms with van der Waals surface area (Å²) < 4.78 is 25.3. The summed E-state index contributed by atoms with van der Waals surface area (Å²) in [6.07, 6.45) is 8.05. The number of allylic oxidation sites excluding steroid dienone is 2. The number of amides is 1. The molecule has 2 aromatic carbocycles. The van der Waals surface area contributed by atoms with Gasteiger partial charge < -0.3 is 59.8 Å². The number of Topliss-reactive ketones (excluding diaryl/α,β-unsaturated/α-hetero) is 1. The van der Waals surface area contributed by atoms with Crippen molar-refractivity contribution in [2.75, 3.05) is 43.5 Å². The molecule has 20 nitrogen and oxygen atoms in total. The number of carboxylic acids is 1. The zero-order valence-corrected chi connectivity index (χ0v) is 45.2. The maximum absolute atomic E-state index is 14.7. The summed E-state index contributed by atoms with van der Waals surface area (Å²) in [5.74, 6) is -10.1. The third kappa shape index (κ3) is 10.2. The fourth-order valence-electron chi connectivity index (χ4n) is 11.2. The van der Waals surface area contributed by atoms with Gasteiger partial charge in [0.25, 0.3) is 17.2 Å². The van der Waals surface area contributed by atoms with Crippen molar-refractivity contribution in [1.82, 2.24) is 9.41 Å². The second kappa shape index (κ2) is 21.5. The molecular weight excluding hydrogens is 995 g/mol. The van der Waals surface area contributed by atoms with Gasteiger partial charge in [-0.05, 0) is 75.3 Å². The average molecular weight is 1060 g/mol. The van der Waals surface area contributed by atoms with Crippen molar-refractivity contribution in [3.05, 3.63) is 97.7 Å². The number of hydrogen-bond acceptors (Lipinski definition) is 17. The molecule has 9 atom stereocenters. The number of hydrogen-bond donors (Lipinski definition) is 7. The molecule has 6 heterocycles. The largest absolute Gasteiger partial charge is 0.507 e. The number of methoxy groups -OCH3 is 1. The lowest BCUT2D eigenvalue weighted by Crippen LogP contribution is -2.46. The standard InChI is InChI=1S/C57H69N5O15/c1-26-13-12-14-27(2)54(70)59-43-38(24-58-61-20-18-60(19-21-61)44-28(3)25-62-45(30(44)5)36(35-15-16-35)23-37(55(62)71)56(72)73)49(67)40-41(50(43)68)48(66)33(8)52-42(40)53(69)57(10,77-52)75-22-17-39(74-11)29(4)51(76-34(9)63)32(7)47(65)31(6)46(26)64/h12-14,17,22-26,29,31-32,35,39,46-47,51,64-68H,15-16,18-21H2,1-11H3,(H,59,70)(H,72,73)/b13-12+,22-17+,27-14-,58-24+/t26-,29+,31+,32+,39-,46-,47+,51+,57-/m0/s1. The minimum absolute atomic E-state index is 0.0126. The van der Waals surface area contributed by atoms with Crippen LogP contribution in [0.3, 0.4) is 0 Å². The first-order chi connectivity index (χ1) is 36.3. The van der Waals surface area contributed by atoms with Crippen LogP contribution in [0.5, 0.6) is 23.0 Å². The highest BCUT2D eigenvalue weighted by Crippen LogP contribution is 2.55. The van der Waals surface area contributed by atoms with Gasteiger partial charge >= 0.3 is 17.7 Å². The number of aliphatic hydroxyl groups excluding tert-OH is 2. The molecule has 0 unspecified atom stereocenters. The first-order valence-corrected chi connectivity index (χ1v) is 25.9. The average Bonchev–Trinajstić information content (AvgIpc) is 4.21. The number of phenolic OH excluding ortho intramolecular Hbond substituents is 3. The zero-order chi connectivity index (χ0) is 56.3. The number of carboxylic acid groups (broad SMARTS) is 1. The molecule has 20 heteroatoms. The van der Waals surface area contributed by atoms with Gasteiger partial charge in [-0.1, -0.05) is 45.9 Å². The van der Waals surface area contributed by atoms with Gasteiger partial charge in [0.2, 0.25) is 0 Å². The SMILES string of the molecule is CO[C@H]1/C=C/O[C@@]2(C)Oc3c(C)c(O)c4c(O)c(c(/C=N/N5CCN(c6c(C)cn7c(=O)c(C(=O)O)cc(C8CC8)c7c6C)CC5)c(O)c4c3C2=O)NC(=O)/C(C)=C\C=C\[C@H](C)[C@H](O)[C@@H](C)[C@@H](O)[C@@H](C)[C@H](OC(C)=O)[C@@H]1C. The van der Waals surface area contributed by atoms with Crippen molar-refractivity contribution in [1.29, 1.82) is 0 Å². The Morgan fingerprint density at radius 3 is 2.18 bits per heavy atom. The van der Waals surface area contributed by atoms with E-state index in [-0.39, 0.29) is 56.0 Å². The predicted octanol–water partition coefficient (Wildman–Crippen LogP) is 6.72. The number of carbonyl (C=O) groups is 4. The molecule has 5 aliphatic rings. The van der Waals surface area contributed by atoms with Gasteiger partial charge in [0.05, 0.1) is 71.6 Å². The zero-order valence-electron chi connectivity index (χ0n) is 45.2. The molecular formula is C57H69N5O15. The lowest BCUT2D eigenvalue weighted by Gasteiger charge is -2.38. The summed E-state index contributed by atoms with van der Waals surface area (Å²) in [7, 11) is 1.42. The number of pyridine rings is 2. The maximum atomic E-state index is 14.7. The van der Waals surface area contributed by atoms with Crippen LogP contribution >= 0.6 is 0 Å². The van der Waals surface area contributed by atoms with Crippen molar-refractivity contribution >= 4 is 57.5 Å². The number of anilines is 2. The number of aromatic nitrogens is 1. The Labute approximate surface area is 445 Å². The molecule has 412 valence electrons. The number of esters is 1. The molecule has 2 aromatic heterocycles. The Balaban J connectivity index is 1.19. The van der Waals surface area contributed by atoms with E-state index in [1.807, 2.05) is 13.8 Å². The van der Waals surface area contributed by atoms with E-state index in [1.54, 1.807) is 51.1 Å². The third-order valence-electron chi connectivity index (χ3n) is 15.9. The number of nitrogens with one attached hydrogen (secondary N) is 1. The molecule has 7 N–H and O–H groups in total. The van der Waals surface area contributed by atoms with Crippen LogP contribution in [0.2, 0.25) is 0 Å². The number of fused-ring (bicyclic) bond motifs is 15. The molecule has 77 heavy (non-hydrogen) atoms. The van der Waals surface area contributed by atoms with Gasteiger partial charge in [0.15, 0.2) is 5.75 Å². The highest BCUT2D eigenvalue weighted by Gasteiger charge is 2.50. The molecule has 0 spiro atoms. The Morgan fingerprint density at radius 2 is 1.56 bits per heavy atom. The summed E-state index contributed by atoms with van der Waals surface area (Å²) in [4.78, 5) is 68.9. The van der Waals surface area contributed by atoms with Crippen molar-refractivity contribution < 1.29 is 68.8 Å².